The number of imidazole rings is 1. The molecule has 1 fully saturated rings. The number of halogens is 3. The molecule has 0 spiro atoms. The first-order valence-electron chi connectivity index (χ1n) is 7.70. The number of rotatable bonds is 3. The predicted octanol–water partition coefficient (Wildman–Crippen LogP) is 2.46. The monoisotopic (exact) mass is 358 g/mol. The first kappa shape index (κ1) is 17.3. The van der Waals surface area contributed by atoms with E-state index in [0.29, 0.717) is 25.2 Å². The maximum Gasteiger partial charge on any atom is 0.434 e. The third kappa shape index (κ3) is 3.47. The van der Waals surface area contributed by atoms with E-state index >= 15 is 0 Å². The molecule has 0 aromatic carbocycles. The van der Waals surface area contributed by atoms with Crippen LogP contribution in [0.3, 0.4) is 0 Å². The van der Waals surface area contributed by atoms with Gasteiger partial charge in [0.15, 0.2) is 5.69 Å². The van der Waals surface area contributed by atoms with Crippen molar-refractivity contribution in [3.63, 3.8) is 0 Å². The number of alkyl halides is 3. The number of ether oxygens (including phenoxy) is 1. The Bertz CT molecular complexity index is 768. The van der Waals surface area contributed by atoms with E-state index in [1.807, 2.05) is 0 Å². The highest BCUT2D eigenvalue weighted by atomic mass is 19.4. The number of carbonyl (C=O) groups is 1. The zero-order chi connectivity index (χ0) is 18.2. The first-order valence-corrected chi connectivity index (χ1v) is 7.70. The molecule has 1 aliphatic heterocycles. The van der Waals surface area contributed by atoms with Crippen molar-refractivity contribution in [2.75, 3.05) is 20.2 Å². The lowest BCUT2D eigenvalue weighted by Gasteiger charge is -2.31. The van der Waals surface area contributed by atoms with Gasteiger partial charge in [0, 0.05) is 32.3 Å². The van der Waals surface area contributed by atoms with Crippen LogP contribution in [0.2, 0.25) is 0 Å². The summed E-state index contributed by atoms with van der Waals surface area (Å²) >= 11 is 0. The van der Waals surface area contributed by atoms with E-state index in [0.717, 1.165) is 6.20 Å². The fraction of sp³-hybridized carbons (Fsp3) is 0.533. The Labute approximate surface area is 141 Å². The topological polar surface area (TPSA) is 73.4 Å². The molecule has 3 heterocycles. The zero-order valence-corrected chi connectivity index (χ0v) is 13.7. The molecule has 2 aromatic rings. The highest BCUT2D eigenvalue weighted by Crippen LogP contribution is 2.32. The van der Waals surface area contributed by atoms with Crippen LogP contribution in [-0.2, 0) is 13.2 Å². The first-order chi connectivity index (χ1) is 11.8. The Morgan fingerprint density at radius 2 is 2.20 bits per heavy atom. The lowest BCUT2D eigenvalue weighted by Crippen LogP contribution is -2.39. The van der Waals surface area contributed by atoms with Gasteiger partial charge in [-0.05, 0) is 18.0 Å². The molecule has 1 saturated heterocycles. The summed E-state index contributed by atoms with van der Waals surface area (Å²) in [6, 6.07) is 1.38. The van der Waals surface area contributed by atoms with Gasteiger partial charge < -0.3 is 18.7 Å². The molecular weight excluding hydrogens is 341 g/mol. The van der Waals surface area contributed by atoms with Gasteiger partial charge in [-0.3, -0.25) is 4.79 Å². The Balaban J connectivity index is 1.77. The standard InChI is InChI=1S/C15H17F3N4O3/c1-21-8-11(15(16,17)18)19-13(21)9-4-3-5-22(7-9)14(23)10-6-12(24-2)20-25-10/h6,8-9H,3-5,7H2,1-2H3. The Kier molecular flexibility index (Phi) is 4.44. The van der Waals surface area contributed by atoms with Crippen molar-refractivity contribution in [3.8, 4) is 5.88 Å². The minimum atomic E-state index is -4.49. The molecule has 0 bridgehead atoms. The molecule has 0 radical (unpaired) electrons. The largest absolute Gasteiger partial charge is 0.479 e. The van der Waals surface area contributed by atoms with E-state index in [1.165, 1.54) is 29.7 Å². The molecule has 10 heteroatoms. The van der Waals surface area contributed by atoms with Crippen LogP contribution in [0.25, 0.3) is 0 Å². The molecule has 1 unspecified atom stereocenters. The van der Waals surface area contributed by atoms with Crippen molar-refractivity contribution in [3.05, 3.63) is 29.5 Å². The lowest BCUT2D eigenvalue weighted by atomic mass is 9.97. The van der Waals surface area contributed by atoms with Crippen LogP contribution in [0.4, 0.5) is 13.2 Å². The van der Waals surface area contributed by atoms with E-state index in [4.69, 9.17) is 9.26 Å². The van der Waals surface area contributed by atoms with Crippen LogP contribution < -0.4 is 4.74 Å². The second-order valence-corrected chi connectivity index (χ2v) is 5.92. The molecule has 0 aliphatic carbocycles. The number of nitrogens with zero attached hydrogens (tertiary/aromatic N) is 4. The normalized spacial score (nSPS) is 18.4. The van der Waals surface area contributed by atoms with Crippen LogP contribution in [0.15, 0.2) is 16.8 Å². The summed E-state index contributed by atoms with van der Waals surface area (Å²) in [7, 11) is 2.93. The fourth-order valence-corrected chi connectivity index (χ4v) is 2.98. The predicted molar refractivity (Wildman–Crippen MR) is 79.1 cm³/mol. The van der Waals surface area contributed by atoms with Crippen molar-refractivity contribution in [1.82, 2.24) is 19.6 Å². The van der Waals surface area contributed by atoms with Crippen molar-refractivity contribution in [2.24, 2.45) is 7.05 Å². The molecule has 1 aliphatic rings. The molecular formula is C15H17F3N4O3. The summed E-state index contributed by atoms with van der Waals surface area (Å²) < 4.78 is 49.7. The SMILES string of the molecule is COc1cc(C(=O)N2CCCC(c3nc(C(F)(F)F)cn3C)C2)on1. The number of hydrogen-bond donors (Lipinski definition) is 0. The number of aryl methyl sites for hydroxylation is 1. The smallest absolute Gasteiger partial charge is 0.434 e. The number of hydrogen-bond acceptors (Lipinski definition) is 5. The molecule has 2 aromatic heterocycles. The Morgan fingerprint density at radius 3 is 2.80 bits per heavy atom. The molecule has 1 atom stereocenters. The van der Waals surface area contributed by atoms with E-state index in [9.17, 15) is 18.0 Å². The minimum absolute atomic E-state index is 0.0355. The van der Waals surface area contributed by atoms with Crippen LogP contribution >= 0.6 is 0 Å². The van der Waals surface area contributed by atoms with Gasteiger partial charge in [0.2, 0.25) is 5.76 Å². The van der Waals surface area contributed by atoms with Crippen LogP contribution in [0.5, 0.6) is 5.88 Å². The summed E-state index contributed by atoms with van der Waals surface area (Å²) in [4.78, 5) is 17.8. The molecule has 3 rings (SSSR count). The van der Waals surface area contributed by atoms with Gasteiger partial charge in [0.25, 0.3) is 11.8 Å². The minimum Gasteiger partial charge on any atom is -0.479 e. The summed E-state index contributed by atoms with van der Waals surface area (Å²) in [6.45, 7) is 0.763. The Hall–Kier alpha value is -2.52. The molecule has 0 N–H and O–H groups in total. The van der Waals surface area contributed by atoms with Gasteiger partial charge in [-0.25, -0.2) is 4.98 Å². The second kappa shape index (κ2) is 6.41. The van der Waals surface area contributed by atoms with Crippen LogP contribution in [-0.4, -0.2) is 45.7 Å². The second-order valence-electron chi connectivity index (χ2n) is 5.92. The Morgan fingerprint density at radius 1 is 1.44 bits per heavy atom. The number of piperidine rings is 1. The quantitative estimate of drug-likeness (QED) is 0.843. The van der Waals surface area contributed by atoms with Gasteiger partial charge in [-0.15, -0.1) is 0 Å². The molecule has 25 heavy (non-hydrogen) atoms. The summed E-state index contributed by atoms with van der Waals surface area (Å²) in [5.74, 6) is -0.0986. The number of carbonyl (C=O) groups excluding carboxylic acids is 1. The maximum atomic E-state index is 12.8. The highest BCUT2D eigenvalue weighted by Gasteiger charge is 2.36. The molecule has 0 saturated carbocycles. The average Bonchev–Trinajstić information content (AvgIpc) is 3.20. The number of methoxy groups -OCH3 is 1. The van der Waals surface area contributed by atoms with Crippen molar-refractivity contribution >= 4 is 5.91 Å². The highest BCUT2D eigenvalue weighted by molar-refractivity contribution is 5.91. The number of aromatic nitrogens is 3. The molecule has 136 valence electrons. The van der Waals surface area contributed by atoms with E-state index in [2.05, 4.69) is 10.1 Å². The van der Waals surface area contributed by atoms with Gasteiger partial charge >= 0.3 is 6.18 Å². The van der Waals surface area contributed by atoms with Gasteiger partial charge in [0.05, 0.1) is 13.2 Å². The number of amides is 1. The summed E-state index contributed by atoms with van der Waals surface area (Å²) in [6.07, 6.45) is -2.20. The fourth-order valence-electron chi connectivity index (χ4n) is 2.98. The van der Waals surface area contributed by atoms with Gasteiger partial charge in [-0.1, -0.05) is 0 Å². The van der Waals surface area contributed by atoms with Crippen LogP contribution in [0, 0.1) is 0 Å². The van der Waals surface area contributed by atoms with Gasteiger partial charge in [-0.2, -0.15) is 13.2 Å². The third-order valence-electron chi connectivity index (χ3n) is 4.18. The van der Waals surface area contributed by atoms with Gasteiger partial charge in [0.1, 0.15) is 5.82 Å². The molecule has 7 nitrogen and oxygen atoms in total. The van der Waals surface area contributed by atoms with Crippen molar-refractivity contribution < 1.29 is 27.2 Å². The zero-order valence-electron chi connectivity index (χ0n) is 13.7. The molecule has 1 amide bonds. The van der Waals surface area contributed by atoms with E-state index in [1.54, 1.807) is 0 Å². The van der Waals surface area contributed by atoms with E-state index < -0.39 is 11.9 Å². The van der Waals surface area contributed by atoms with Crippen molar-refractivity contribution in [2.45, 2.75) is 24.9 Å². The maximum absolute atomic E-state index is 12.8. The average molecular weight is 358 g/mol. The summed E-state index contributed by atoms with van der Waals surface area (Å²) in [5, 5.41) is 3.59. The third-order valence-corrected chi connectivity index (χ3v) is 4.18. The lowest BCUT2D eigenvalue weighted by molar-refractivity contribution is -0.141. The van der Waals surface area contributed by atoms with E-state index in [-0.39, 0.29) is 30.0 Å². The summed E-state index contributed by atoms with van der Waals surface area (Å²) in [5.41, 5.74) is -0.923. The van der Waals surface area contributed by atoms with Crippen molar-refractivity contribution in [1.29, 1.82) is 0 Å². The number of likely N-dealkylation sites (tertiary alicyclic amines) is 1. The van der Waals surface area contributed by atoms with Crippen LogP contribution in [0.1, 0.15) is 40.8 Å².